The van der Waals surface area contributed by atoms with Crippen molar-refractivity contribution in [1.29, 1.82) is 0 Å². The number of thiol groups is 1. The third kappa shape index (κ3) is 2.10. The first-order valence-electron chi connectivity index (χ1n) is 5.83. The Labute approximate surface area is 119 Å². The summed E-state index contributed by atoms with van der Waals surface area (Å²) in [4.78, 5) is 19.1. The van der Waals surface area contributed by atoms with Crippen LogP contribution in [0, 0.1) is 0 Å². The number of aromatic amines is 1. The van der Waals surface area contributed by atoms with Crippen molar-refractivity contribution in [2.75, 3.05) is 0 Å². The quantitative estimate of drug-likeness (QED) is 0.500. The summed E-state index contributed by atoms with van der Waals surface area (Å²) in [6, 6.07) is 11.5. The van der Waals surface area contributed by atoms with E-state index in [1.165, 1.54) is 12.1 Å². The summed E-state index contributed by atoms with van der Waals surface area (Å²) in [7, 11) is 0. The topological polar surface area (TPSA) is 75.2 Å². The lowest BCUT2D eigenvalue weighted by atomic mass is 10.1. The zero-order valence-electron chi connectivity index (χ0n) is 10.2. The molecule has 100 valence electrons. The number of para-hydroxylation sites is 1. The van der Waals surface area contributed by atoms with Crippen LogP contribution in [0.2, 0.25) is 0 Å². The Morgan fingerprint density at radius 1 is 1.20 bits per heavy atom. The van der Waals surface area contributed by atoms with E-state index < -0.39 is 0 Å². The summed E-state index contributed by atoms with van der Waals surface area (Å²) in [5.74, 6) is 0.753. The van der Waals surface area contributed by atoms with Crippen molar-refractivity contribution < 1.29 is 9.29 Å². The van der Waals surface area contributed by atoms with E-state index in [9.17, 15) is 9.90 Å². The van der Waals surface area contributed by atoms with E-state index in [2.05, 4.69) is 22.9 Å². The van der Waals surface area contributed by atoms with Gasteiger partial charge in [0.15, 0.2) is 0 Å². The maximum absolute atomic E-state index is 12.0. The molecule has 0 atom stereocenters. The van der Waals surface area contributed by atoms with Gasteiger partial charge in [-0.2, -0.15) is 0 Å². The Morgan fingerprint density at radius 3 is 2.80 bits per heavy atom. The molecule has 0 spiro atoms. The van der Waals surface area contributed by atoms with E-state index in [-0.39, 0.29) is 11.3 Å². The van der Waals surface area contributed by atoms with Crippen LogP contribution >= 0.6 is 12.9 Å². The summed E-state index contributed by atoms with van der Waals surface area (Å²) in [6.45, 7) is 0. The molecule has 2 aromatic carbocycles. The van der Waals surface area contributed by atoms with Crippen LogP contribution in [-0.4, -0.2) is 15.1 Å². The fourth-order valence-electron chi connectivity index (χ4n) is 2.00. The highest BCUT2D eigenvalue weighted by atomic mass is 32.1. The Morgan fingerprint density at radius 2 is 2.00 bits per heavy atom. The molecule has 0 aliphatic heterocycles. The van der Waals surface area contributed by atoms with E-state index in [4.69, 9.17) is 4.18 Å². The molecule has 1 aromatic heterocycles. The monoisotopic (exact) mass is 286 g/mol. The molecular formula is C14H10N2O3S. The molecule has 6 heteroatoms. The first kappa shape index (κ1) is 12.6. The van der Waals surface area contributed by atoms with Crippen molar-refractivity contribution in [1.82, 2.24) is 9.97 Å². The van der Waals surface area contributed by atoms with Gasteiger partial charge < -0.3 is 14.3 Å². The first-order valence-corrected chi connectivity index (χ1v) is 6.19. The highest BCUT2D eigenvalue weighted by Crippen LogP contribution is 2.31. The van der Waals surface area contributed by atoms with E-state index in [0.29, 0.717) is 28.0 Å². The summed E-state index contributed by atoms with van der Waals surface area (Å²) in [5.41, 5.74) is 0.779. The van der Waals surface area contributed by atoms with Gasteiger partial charge in [0.25, 0.3) is 5.56 Å². The van der Waals surface area contributed by atoms with Crippen LogP contribution < -0.4 is 9.74 Å². The minimum Gasteiger partial charge on any atom is -0.508 e. The lowest BCUT2D eigenvalue weighted by molar-refractivity contribution is 0.474. The minimum absolute atomic E-state index is 0.0462. The van der Waals surface area contributed by atoms with Crippen LogP contribution in [0.25, 0.3) is 22.3 Å². The molecule has 5 nitrogen and oxygen atoms in total. The molecule has 3 rings (SSSR count). The smallest absolute Gasteiger partial charge is 0.259 e. The molecule has 0 aliphatic carbocycles. The number of phenolic OH excluding ortho intramolecular Hbond substituents is 1. The number of fused-ring (bicyclic) bond motifs is 1. The van der Waals surface area contributed by atoms with E-state index >= 15 is 0 Å². The summed E-state index contributed by atoms with van der Waals surface area (Å²) >= 11 is 3.76. The predicted molar refractivity (Wildman–Crippen MR) is 79.1 cm³/mol. The van der Waals surface area contributed by atoms with Gasteiger partial charge in [-0.1, -0.05) is 12.1 Å². The highest BCUT2D eigenvalue weighted by Gasteiger charge is 2.11. The lowest BCUT2D eigenvalue weighted by Crippen LogP contribution is -2.09. The van der Waals surface area contributed by atoms with Crippen LogP contribution in [0.3, 0.4) is 0 Å². The van der Waals surface area contributed by atoms with Gasteiger partial charge in [-0.3, -0.25) is 4.79 Å². The number of benzene rings is 2. The number of rotatable bonds is 2. The molecule has 0 radical (unpaired) electrons. The third-order valence-corrected chi connectivity index (χ3v) is 3.13. The largest absolute Gasteiger partial charge is 0.508 e. The second-order valence-electron chi connectivity index (χ2n) is 4.20. The number of phenols is 1. The number of hydrogen-bond acceptors (Lipinski definition) is 5. The normalized spacial score (nSPS) is 10.7. The highest BCUT2D eigenvalue weighted by molar-refractivity contribution is 7.75. The van der Waals surface area contributed by atoms with Gasteiger partial charge in [0.05, 0.1) is 16.5 Å². The number of H-pyrrole nitrogens is 1. The van der Waals surface area contributed by atoms with Crippen molar-refractivity contribution in [3.63, 3.8) is 0 Å². The van der Waals surface area contributed by atoms with Gasteiger partial charge in [-0.05, 0) is 30.3 Å². The van der Waals surface area contributed by atoms with Crippen LogP contribution in [0.15, 0.2) is 47.3 Å². The number of nitrogens with one attached hydrogen (secondary N) is 1. The Balaban J connectivity index is 2.30. The maximum atomic E-state index is 12.0. The summed E-state index contributed by atoms with van der Waals surface area (Å²) in [5, 5.41) is 10.1. The van der Waals surface area contributed by atoms with E-state index in [1.54, 1.807) is 30.3 Å². The van der Waals surface area contributed by atoms with E-state index in [0.717, 1.165) is 0 Å². The van der Waals surface area contributed by atoms with Gasteiger partial charge >= 0.3 is 0 Å². The fraction of sp³-hybridized carbons (Fsp3) is 0. The van der Waals surface area contributed by atoms with Crippen molar-refractivity contribution in [2.45, 2.75) is 0 Å². The molecule has 3 aromatic rings. The number of aromatic nitrogens is 2. The van der Waals surface area contributed by atoms with Crippen molar-refractivity contribution in [3.05, 3.63) is 52.8 Å². The van der Waals surface area contributed by atoms with Crippen LogP contribution in [-0.2, 0) is 0 Å². The average Bonchev–Trinajstić information content (AvgIpc) is 2.47. The molecular weight excluding hydrogens is 276 g/mol. The third-order valence-electron chi connectivity index (χ3n) is 2.93. The van der Waals surface area contributed by atoms with Crippen LogP contribution in [0.4, 0.5) is 0 Å². The molecule has 0 fully saturated rings. The number of nitrogens with zero attached hydrogens (tertiary/aromatic N) is 1. The zero-order valence-corrected chi connectivity index (χ0v) is 11.1. The first-order chi connectivity index (χ1) is 9.69. The lowest BCUT2D eigenvalue weighted by Gasteiger charge is -2.08. The summed E-state index contributed by atoms with van der Waals surface area (Å²) < 4.78 is 4.93. The average molecular weight is 286 g/mol. The SMILES string of the molecule is O=c1[nH]c(-c2cc(O)ccc2OS)nc2ccccc12. The van der Waals surface area contributed by atoms with Gasteiger partial charge in [-0.15, -0.1) is 0 Å². The Kier molecular flexibility index (Phi) is 3.08. The van der Waals surface area contributed by atoms with Gasteiger partial charge in [0, 0.05) is 12.9 Å². The molecule has 2 N–H and O–H groups in total. The molecule has 0 saturated heterocycles. The Bertz CT molecular complexity index is 845. The standard InChI is InChI=1S/C14H10N2O3S/c17-8-5-6-12(19-20)10(7-8)13-15-11-4-2-1-3-9(11)14(18)16-13/h1-7,17,20H,(H,15,16,18). The van der Waals surface area contributed by atoms with Crippen molar-refractivity contribution in [2.24, 2.45) is 0 Å². The molecule has 0 unspecified atom stereocenters. The number of aromatic hydroxyl groups is 1. The molecule has 20 heavy (non-hydrogen) atoms. The second kappa shape index (κ2) is 4.90. The molecule has 1 heterocycles. The van der Waals surface area contributed by atoms with Crippen LogP contribution in [0.5, 0.6) is 11.5 Å². The van der Waals surface area contributed by atoms with E-state index in [1.807, 2.05) is 0 Å². The van der Waals surface area contributed by atoms with Crippen molar-refractivity contribution >= 4 is 23.8 Å². The molecule has 0 bridgehead atoms. The predicted octanol–water partition coefficient (Wildman–Crippen LogP) is 2.52. The molecule has 0 saturated carbocycles. The summed E-state index contributed by atoms with van der Waals surface area (Å²) in [6.07, 6.45) is 0. The molecule has 0 aliphatic rings. The minimum atomic E-state index is -0.251. The Hall–Kier alpha value is -2.47. The fourth-order valence-corrected chi connectivity index (χ4v) is 2.16. The van der Waals surface area contributed by atoms with Gasteiger partial charge in [0.1, 0.15) is 17.3 Å². The number of hydrogen-bond donors (Lipinski definition) is 3. The maximum Gasteiger partial charge on any atom is 0.259 e. The molecule has 0 amide bonds. The second-order valence-corrected chi connectivity index (χ2v) is 4.39. The van der Waals surface area contributed by atoms with Crippen molar-refractivity contribution in [3.8, 4) is 22.9 Å². The van der Waals surface area contributed by atoms with Gasteiger partial charge in [-0.25, -0.2) is 4.98 Å². The van der Waals surface area contributed by atoms with Crippen LogP contribution in [0.1, 0.15) is 0 Å². The zero-order chi connectivity index (χ0) is 14.1. The van der Waals surface area contributed by atoms with Gasteiger partial charge in [0.2, 0.25) is 0 Å².